The van der Waals surface area contributed by atoms with Crippen LogP contribution in [0.25, 0.3) is 12.2 Å². The van der Waals surface area contributed by atoms with Crippen molar-refractivity contribution in [3.63, 3.8) is 0 Å². The summed E-state index contributed by atoms with van der Waals surface area (Å²) in [4.78, 5) is 12.2. The molecule has 1 aliphatic carbocycles. The van der Waals surface area contributed by atoms with Crippen molar-refractivity contribution in [2.45, 2.75) is 31.2 Å². The van der Waals surface area contributed by atoms with E-state index >= 15 is 0 Å². The summed E-state index contributed by atoms with van der Waals surface area (Å²) < 4.78 is 37.7. The first-order valence-corrected chi connectivity index (χ1v) is 11.0. The second-order valence-corrected chi connectivity index (χ2v) is 8.84. The van der Waals surface area contributed by atoms with Crippen molar-refractivity contribution in [2.24, 2.45) is 5.92 Å². The van der Waals surface area contributed by atoms with Crippen LogP contribution in [0.4, 0.5) is 5.69 Å². The summed E-state index contributed by atoms with van der Waals surface area (Å²) in [5.41, 5.74) is 1.94. The molecule has 2 aromatic heterocycles. The third-order valence-corrected chi connectivity index (χ3v) is 6.14. The highest BCUT2D eigenvalue weighted by Gasteiger charge is 2.30. The molecule has 3 aromatic rings. The molecule has 0 aliphatic heterocycles. The van der Waals surface area contributed by atoms with Crippen LogP contribution in [0.2, 0.25) is 0 Å². The van der Waals surface area contributed by atoms with Crippen LogP contribution in [0.3, 0.4) is 0 Å². The molecular formula is C21H21N3O5S. The molecule has 30 heavy (non-hydrogen) atoms. The van der Waals surface area contributed by atoms with E-state index in [1.165, 1.54) is 18.4 Å². The first kappa shape index (κ1) is 20.1. The predicted octanol–water partition coefficient (Wildman–Crippen LogP) is 3.57. The van der Waals surface area contributed by atoms with E-state index in [9.17, 15) is 13.2 Å². The van der Waals surface area contributed by atoms with Crippen molar-refractivity contribution in [2.75, 3.05) is 5.32 Å². The lowest BCUT2D eigenvalue weighted by atomic mass is 10.2. The molecule has 1 aromatic carbocycles. The fourth-order valence-electron chi connectivity index (χ4n) is 2.82. The van der Waals surface area contributed by atoms with Crippen molar-refractivity contribution in [3.8, 4) is 0 Å². The summed E-state index contributed by atoms with van der Waals surface area (Å²) in [5, 5.41) is 6.78. The van der Waals surface area contributed by atoms with E-state index in [1.807, 2.05) is 0 Å². The largest absolute Gasteiger partial charge is 0.468 e. The number of aromatic nitrogens is 1. The molecule has 8 nitrogen and oxygen atoms in total. The van der Waals surface area contributed by atoms with Gasteiger partial charge in [0.1, 0.15) is 17.1 Å². The molecule has 156 valence electrons. The molecule has 4 rings (SSSR count). The molecule has 0 saturated heterocycles. The van der Waals surface area contributed by atoms with Crippen LogP contribution in [-0.4, -0.2) is 19.5 Å². The molecule has 1 saturated carbocycles. The number of sulfonamides is 1. The Hall–Kier alpha value is -3.17. The van der Waals surface area contributed by atoms with Crippen LogP contribution in [0.1, 0.15) is 35.6 Å². The van der Waals surface area contributed by atoms with Crippen LogP contribution >= 0.6 is 0 Å². The average Bonchev–Trinajstić information content (AvgIpc) is 3.36. The van der Waals surface area contributed by atoms with Crippen LogP contribution in [0, 0.1) is 12.8 Å². The number of nitrogens with zero attached hydrogens (tertiary/aromatic N) is 1. The number of aryl methyl sites for hydroxylation is 1. The van der Waals surface area contributed by atoms with Gasteiger partial charge in [-0.3, -0.25) is 4.79 Å². The number of nitrogens with one attached hydrogen (secondary N) is 2. The highest BCUT2D eigenvalue weighted by molar-refractivity contribution is 7.89. The Morgan fingerprint density at radius 1 is 1.20 bits per heavy atom. The second kappa shape index (κ2) is 8.29. The first-order chi connectivity index (χ1) is 14.4. The van der Waals surface area contributed by atoms with Gasteiger partial charge in [-0.15, -0.1) is 0 Å². The van der Waals surface area contributed by atoms with Gasteiger partial charge in [-0.2, -0.15) is 0 Å². The number of rotatable bonds is 8. The van der Waals surface area contributed by atoms with Gasteiger partial charge in [0.25, 0.3) is 0 Å². The number of amides is 1. The number of hydrogen-bond donors (Lipinski definition) is 2. The van der Waals surface area contributed by atoms with Crippen molar-refractivity contribution in [3.05, 3.63) is 65.4 Å². The minimum Gasteiger partial charge on any atom is -0.468 e. The molecule has 2 heterocycles. The minimum atomic E-state index is -3.65. The number of furan rings is 1. The van der Waals surface area contributed by atoms with Gasteiger partial charge in [-0.05, 0) is 55.7 Å². The maximum absolute atomic E-state index is 12.4. The molecule has 0 unspecified atom stereocenters. The molecule has 0 spiro atoms. The number of anilines is 1. The molecule has 9 heteroatoms. The Morgan fingerprint density at radius 3 is 2.63 bits per heavy atom. The Kier molecular flexibility index (Phi) is 5.56. The zero-order valence-corrected chi connectivity index (χ0v) is 17.1. The summed E-state index contributed by atoms with van der Waals surface area (Å²) >= 11 is 0. The normalized spacial score (nSPS) is 14.3. The van der Waals surface area contributed by atoms with Crippen molar-refractivity contribution < 1.29 is 22.2 Å². The fourth-order valence-corrected chi connectivity index (χ4v) is 3.81. The summed E-state index contributed by atoms with van der Waals surface area (Å²) in [6, 6.07) is 9.80. The van der Waals surface area contributed by atoms with E-state index in [1.54, 1.807) is 43.3 Å². The third-order valence-electron chi connectivity index (χ3n) is 4.72. The van der Waals surface area contributed by atoms with Gasteiger partial charge in [-0.25, -0.2) is 13.1 Å². The molecule has 0 atom stereocenters. The molecule has 0 bridgehead atoms. The van der Waals surface area contributed by atoms with E-state index in [0.717, 1.165) is 18.4 Å². The zero-order valence-electron chi connectivity index (χ0n) is 16.3. The topological polar surface area (TPSA) is 114 Å². The maximum atomic E-state index is 12.4. The Morgan fingerprint density at radius 2 is 1.97 bits per heavy atom. The van der Waals surface area contributed by atoms with Crippen LogP contribution in [0.5, 0.6) is 0 Å². The van der Waals surface area contributed by atoms with E-state index < -0.39 is 10.0 Å². The molecule has 1 fully saturated rings. The monoisotopic (exact) mass is 427 g/mol. The van der Waals surface area contributed by atoms with E-state index in [4.69, 9.17) is 8.94 Å². The molecular weight excluding hydrogens is 406 g/mol. The van der Waals surface area contributed by atoms with Crippen molar-refractivity contribution in [1.82, 2.24) is 9.88 Å². The SMILES string of the molecule is Cc1noc(/C=C\c2ccc(S(=O)(=O)NCc3ccco3)cc2)c1NC(=O)C1CC1. The highest BCUT2D eigenvalue weighted by Crippen LogP contribution is 2.32. The number of hydrogen-bond acceptors (Lipinski definition) is 6. The van der Waals surface area contributed by atoms with E-state index in [-0.39, 0.29) is 23.3 Å². The minimum absolute atomic E-state index is 0.0208. The van der Waals surface area contributed by atoms with Crippen LogP contribution in [-0.2, 0) is 21.4 Å². The van der Waals surface area contributed by atoms with Gasteiger partial charge in [0, 0.05) is 5.92 Å². The van der Waals surface area contributed by atoms with Crippen molar-refractivity contribution >= 4 is 33.8 Å². The Labute approximate surface area is 174 Å². The maximum Gasteiger partial charge on any atom is 0.240 e. The summed E-state index contributed by atoms with van der Waals surface area (Å²) in [6.45, 7) is 1.84. The highest BCUT2D eigenvalue weighted by atomic mass is 32.2. The lowest BCUT2D eigenvalue weighted by molar-refractivity contribution is -0.117. The van der Waals surface area contributed by atoms with Gasteiger partial charge >= 0.3 is 0 Å². The summed E-state index contributed by atoms with van der Waals surface area (Å²) in [6.07, 6.45) is 6.77. The lowest BCUT2D eigenvalue weighted by Crippen LogP contribution is -2.22. The average molecular weight is 427 g/mol. The van der Waals surface area contributed by atoms with Crippen molar-refractivity contribution in [1.29, 1.82) is 0 Å². The second-order valence-electron chi connectivity index (χ2n) is 7.08. The molecule has 0 radical (unpaired) electrons. The van der Waals surface area contributed by atoms with Gasteiger partial charge in [-0.1, -0.05) is 23.4 Å². The first-order valence-electron chi connectivity index (χ1n) is 9.50. The Bertz CT molecular complexity index is 1160. The number of benzene rings is 1. The van der Waals surface area contributed by atoms with Gasteiger partial charge in [0.2, 0.25) is 15.9 Å². The van der Waals surface area contributed by atoms with Crippen LogP contribution < -0.4 is 10.0 Å². The fraction of sp³-hybridized carbons (Fsp3) is 0.238. The van der Waals surface area contributed by atoms with Gasteiger partial charge in [0.05, 0.1) is 17.7 Å². The smallest absolute Gasteiger partial charge is 0.240 e. The molecule has 1 amide bonds. The number of carbonyl (C=O) groups is 1. The quantitative estimate of drug-likeness (QED) is 0.568. The standard InChI is InChI=1S/C21H21N3O5S/c1-14-20(23-21(25)16-7-8-16)19(29-24-14)11-6-15-4-9-18(10-5-15)30(26,27)22-13-17-3-2-12-28-17/h2-6,9-12,16,22H,7-8,13H2,1H3,(H,23,25)/b11-6-. The summed E-state index contributed by atoms with van der Waals surface area (Å²) in [5.74, 6) is 1.03. The molecule has 2 N–H and O–H groups in total. The van der Waals surface area contributed by atoms with E-state index in [2.05, 4.69) is 15.2 Å². The predicted molar refractivity (Wildman–Crippen MR) is 111 cm³/mol. The molecule has 1 aliphatic rings. The van der Waals surface area contributed by atoms with Gasteiger partial charge < -0.3 is 14.3 Å². The zero-order chi connectivity index (χ0) is 21.1. The van der Waals surface area contributed by atoms with E-state index in [0.29, 0.717) is 22.9 Å². The lowest BCUT2D eigenvalue weighted by Gasteiger charge is -2.05. The van der Waals surface area contributed by atoms with Gasteiger partial charge in [0.15, 0.2) is 5.76 Å². The third kappa shape index (κ3) is 4.69. The number of carbonyl (C=O) groups excluding carboxylic acids is 1. The van der Waals surface area contributed by atoms with Crippen LogP contribution in [0.15, 0.2) is 56.5 Å². The summed E-state index contributed by atoms with van der Waals surface area (Å²) in [7, 11) is -3.65. The Balaban J connectivity index is 1.43.